The molecule has 0 radical (unpaired) electrons. The molecule has 2 aromatic heterocycles. The van der Waals surface area contributed by atoms with Crippen LogP contribution in [0, 0.1) is 20.8 Å². The maximum absolute atomic E-state index is 13.8. The van der Waals surface area contributed by atoms with Crippen LogP contribution < -0.4 is 15.4 Å². The van der Waals surface area contributed by atoms with Crippen molar-refractivity contribution in [3.63, 3.8) is 0 Å². The molecule has 0 aliphatic heterocycles. The Morgan fingerprint density at radius 2 is 1.68 bits per heavy atom. The van der Waals surface area contributed by atoms with Gasteiger partial charge in [-0.25, -0.2) is 13.4 Å². The molecule has 0 saturated heterocycles. The molecule has 11 nitrogen and oxygen atoms in total. The molecule has 3 aromatic carbocycles. The summed E-state index contributed by atoms with van der Waals surface area (Å²) < 4.78 is 36.0. The van der Waals surface area contributed by atoms with E-state index in [4.69, 9.17) is 4.74 Å². The summed E-state index contributed by atoms with van der Waals surface area (Å²) in [6.45, 7) is 4.93. The highest BCUT2D eigenvalue weighted by atomic mass is 32.2. The Bertz CT molecular complexity index is 1920. The van der Waals surface area contributed by atoms with Crippen LogP contribution in [0.2, 0.25) is 0 Å². The molecule has 1 unspecified atom stereocenters. The van der Waals surface area contributed by atoms with Gasteiger partial charge in [-0.05, 0) is 74.6 Å². The zero-order valence-electron chi connectivity index (χ0n) is 26.5. The van der Waals surface area contributed by atoms with E-state index in [1.165, 1.54) is 0 Å². The lowest BCUT2D eigenvalue weighted by Crippen LogP contribution is -2.50. The van der Waals surface area contributed by atoms with Crippen LogP contribution in [0.15, 0.2) is 96.2 Å². The van der Waals surface area contributed by atoms with Crippen LogP contribution >= 0.6 is 0 Å². The standard InChI is InChI=1S/C35H38N6O5S/c1-23-18-24(2)33(25(3)19-23)47(44,45)41-30(22-37-34(42)27-15-16-28-21-38-40-29(28)20-27)35(43)46-32(39-31-13-7-8-17-36-31)14-9-12-26-10-5-4-6-11-26/h4-8,10-11,13,15-21,30,32,41H,9,12,14,22H2,1-3H3,(H,36,39)(H,37,42)(H,38,40)/t30-,32?/m0/s1. The molecule has 0 bridgehead atoms. The molecule has 0 aliphatic rings. The summed E-state index contributed by atoms with van der Waals surface area (Å²) in [4.78, 5) is 31.4. The number of aromatic nitrogens is 3. The molecule has 0 saturated carbocycles. The van der Waals surface area contributed by atoms with Gasteiger partial charge in [0.25, 0.3) is 5.91 Å². The Morgan fingerprint density at radius 1 is 0.936 bits per heavy atom. The first-order chi connectivity index (χ1) is 22.6. The molecule has 47 heavy (non-hydrogen) atoms. The highest BCUT2D eigenvalue weighted by Gasteiger charge is 2.31. The lowest BCUT2D eigenvalue weighted by molar-refractivity contribution is -0.150. The van der Waals surface area contributed by atoms with E-state index in [0.29, 0.717) is 40.9 Å². The smallest absolute Gasteiger partial charge is 0.327 e. The van der Waals surface area contributed by atoms with E-state index >= 15 is 0 Å². The van der Waals surface area contributed by atoms with Crippen molar-refractivity contribution in [1.82, 2.24) is 25.2 Å². The van der Waals surface area contributed by atoms with Crippen LogP contribution in [0.4, 0.5) is 5.82 Å². The lowest BCUT2D eigenvalue weighted by Gasteiger charge is -2.24. The largest absolute Gasteiger partial charge is 0.440 e. The zero-order valence-corrected chi connectivity index (χ0v) is 27.3. The Labute approximate surface area is 274 Å². The van der Waals surface area contributed by atoms with E-state index in [1.807, 2.05) is 37.3 Å². The number of anilines is 1. The molecule has 0 spiro atoms. The molecule has 5 aromatic rings. The maximum Gasteiger partial charge on any atom is 0.327 e. The van der Waals surface area contributed by atoms with Gasteiger partial charge in [0.05, 0.1) is 16.6 Å². The molecule has 1 amide bonds. The summed E-state index contributed by atoms with van der Waals surface area (Å²) >= 11 is 0. The fourth-order valence-corrected chi connectivity index (χ4v) is 7.15. The van der Waals surface area contributed by atoms with Crippen LogP contribution in [0.3, 0.4) is 0 Å². The third kappa shape index (κ3) is 8.81. The summed E-state index contributed by atoms with van der Waals surface area (Å²) in [5, 5.41) is 13.5. The van der Waals surface area contributed by atoms with Gasteiger partial charge in [0.2, 0.25) is 10.0 Å². The van der Waals surface area contributed by atoms with Gasteiger partial charge in [-0.2, -0.15) is 9.82 Å². The van der Waals surface area contributed by atoms with Gasteiger partial charge in [-0.1, -0.05) is 60.2 Å². The number of H-pyrrole nitrogens is 1. The van der Waals surface area contributed by atoms with Crippen molar-refractivity contribution >= 4 is 38.6 Å². The molecule has 244 valence electrons. The highest BCUT2D eigenvalue weighted by Crippen LogP contribution is 2.22. The summed E-state index contributed by atoms with van der Waals surface area (Å²) in [5.74, 6) is -0.851. The number of amides is 1. The lowest BCUT2D eigenvalue weighted by atomic mass is 10.1. The number of sulfonamides is 1. The first-order valence-corrected chi connectivity index (χ1v) is 16.8. The third-order valence-corrected chi connectivity index (χ3v) is 9.41. The van der Waals surface area contributed by atoms with E-state index in [9.17, 15) is 18.0 Å². The molecule has 5 rings (SSSR count). The number of aromatic amines is 1. The minimum absolute atomic E-state index is 0.0722. The van der Waals surface area contributed by atoms with Gasteiger partial charge in [0.1, 0.15) is 11.9 Å². The average molecular weight is 655 g/mol. The van der Waals surface area contributed by atoms with Crippen molar-refractivity contribution in [1.29, 1.82) is 0 Å². The first-order valence-electron chi connectivity index (χ1n) is 15.3. The Morgan fingerprint density at radius 3 is 2.40 bits per heavy atom. The third-order valence-electron chi connectivity index (χ3n) is 7.63. The van der Waals surface area contributed by atoms with E-state index < -0.39 is 34.2 Å². The monoisotopic (exact) mass is 654 g/mol. The summed E-state index contributed by atoms with van der Waals surface area (Å²) in [6.07, 6.45) is 4.27. The molecule has 2 heterocycles. The first kappa shape index (κ1) is 33.3. The van der Waals surface area contributed by atoms with Crippen molar-refractivity contribution in [3.05, 3.63) is 119 Å². The molecular formula is C35H38N6O5S. The van der Waals surface area contributed by atoms with E-state index in [0.717, 1.165) is 22.9 Å². The number of benzene rings is 3. The Kier molecular flexibility index (Phi) is 10.6. The van der Waals surface area contributed by atoms with Gasteiger partial charge in [0, 0.05) is 30.1 Å². The normalized spacial score (nSPS) is 12.7. The zero-order chi connectivity index (χ0) is 33.4. The van der Waals surface area contributed by atoms with Gasteiger partial charge in [0.15, 0.2) is 6.23 Å². The maximum atomic E-state index is 13.8. The predicted octanol–water partition coefficient (Wildman–Crippen LogP) is 4.96. The summed E-state index contributed by atoms with van der Waals surface area (Å²) in [6, 6.07) is 22.4. The fraction of sp³-hybridized carbons (Fsp3) is 0.257. The van der Waals surface area contributed by atoms with Gasteiger partial charge < -0.3 is 15.4 Å². The molecule has 4 N–H and O–H groups in total. The SMILES string of the molecule is Cc1cc(C)c(S(=O)(=O)N[C@@H](CNC(=O)c2ccc3cn[nH]c3c2)C(=O)OC(CCCc2ccccc2)Nc2ccccn2)c(C)c1. The quantitative estimate of drug-likeness (QED) is 0.0967. The average Bonchev–Trinajstić information content (AvgIpc) is 3.51. The van der Waals surface area contributed by atoms with E-state index in [2.05, 4.69) is 30.5 Å². The number of pyridine rings is 1. The second kappa shape index (κ2) is 15.0. The van der Waals surface area contributed by atoms with Crippen LogP contribution in [-0.4, -0.2) is 54.3 Å². The van der Waals surface area contributed by atoms with Crippen molar-refractivity contribution < 1.29 is 22.7 Å². The van der Waals surface area contributed by atoms with E-state index in [1.54, 1.807) is 74.8 Å². The Hall–Kier alpha value is -5.07. The van der Waals surface area contributed by atoms with Crippen LogP contribution in [0.25, 0.3) is 10.9 Å². The predicted molar refractivity (Wildman–Crippen MR) is 180 cm³/mol. The van der Waals surface area contributed by atoms with E-state index in [-0.39, 0.29) is 11.4 Å². The minimum Gasteiger partial charge on any atom is -0.440 e. The van der Waals surface area contributed by atoms with Crippen LogP contribution in [0.1, 0.15) is 45.5 Å². The number of rotatable bonds is 14. The topological polar surface area (TPSA) is 155 Å². The second-order valence-corrected chi connectivity index (χ2v) is 13.1. The number of carbonyl (C=O) groups excluding carboxylic acids is 2. The number of carbonyl (C=O) groups is 2. The molecule has 0 aliphatic carbocycles. The van der Waals surface area contributed by atoms with Gasteiger partial charge in [-0.15, -0.1) is 0 Å². The number of hydrogen-bond acceptors (Lipinski definition) is 8. The summed E-state index contributed by atoms with van der Waals surface area (Å²) in [5.41, 5.74) is 4.11. The van der Waals surface area contributed by atoms with Crippen molar-refractivity contribution in [2.45, 2.75) is 57.2 Å². The number of aryl methyl sites for hydroxylation is 4. The highest BCUT2D eigenvalue weighted by molar-refractivity contribution is 7.89. The molecule has 12 heteroatoms. The van der Waals surface area contributed by atoms with Crippen molar-refractivity contribution in [2.75, 3.05) is 11.9 Å². The number of nitrogens with zero attached hydrogens (tertiary/aromatic N) is 2. The van der Waals surface area contributed by atoms with Crippen molar-refractivity contribution in [3.8, 4) is 0 Å². The number of fused-ring (bicyclic) bond motifs is 1. The molecule has 2 atom stereocenters. The Balaban J connectivity index is 1.37. The van der Waals surface area contributed by atoms with Crippen LogP contribution in [-0.2, 0) is 26.0 Å². The van der Waals surface area contributed by atoms with Gasteiger partial charge in [-0.3, -0.25) is 14.7 Å². The number of ether oxygens (including phenoxy) is 1. The van der Waals surface area contributed by atoms with Crippen molar-refractivity contribution in [2.24, 2.45) is 0 Å². The molecule has 0 fully saturated rings. The fourth-order valence-electron chi connectivity index (χ4n) is 5.52. The second-order valence-electron chi connectivity index (χ2n) is 11.4. The number of nitrogens with one attached hydrogen (secondary N) is 4. The minimum atomic E-state index is -4.21. The number of hydrogen-bond donors (Lipinski definition) is 4. The van der Waals surface area contributed by atoms with Gasteiger partial charge >= 0.3 is 5.97 Å². The molecular weight excluding hydrogens is 616 g/mol. The summed E-state index contributed by atoms with van der Waals surface area (Å²) in [7, 11) is -4.21. The number of esters is 1. The van der Waals surface area contributed by atoms with Crippen LogP contribution in [0.5, 0.6) is 0 Å².